The van der Waals surface area contributed by atoms with Gasteiger partial charge in [0, 0.05) is 29.6 Å². The van der Waals surface area contributed by atoms with Crippen LogP contribution in [-0.2, 0) is 6.42 Å². The number of Topliss-reactive ketones (excluding diaryl/α,β-unsaturated/α-hetero) is 1. The SMILES string of the molecule is COc1ccc(CC(=O)c2ccsc2)cn1. The lowest BCUT2D eigenvalue weighted by Gasteiger charge is -2.01. The Balaban J connectivity index is 2.06. The molecule has 16 heavy (non-hydrogen) atoms. The second kappa shape index (κ2) is 4.90. The minimum Gasteiger partial charge on any atom is -0.481 e. The van der Waals surface area contributed by atoms with Crippen molar-refractivity contribution in [1.82, 2.24) is 4.98 Å². The number of ketones is 1. The van der Waals surface area contributed by atoms with E-state index in [1.807, 2.05) is 22.9 Å². The van der Waals surface area contributed by atoms with E-state index in [1.165, 1.54) is 11.3 Å². The van der Waals surface area contributed by atoms with Gasteiger partial charge in [-0.25, -0.2) is 4.98 Å². The van der Waals surface area contributed by atoms with Crippen molar-refractivity contribution in [1.29, 1.82) is 0 Å². The maximum Gasteiger partial charge on any atom is 0.212 e. The summed E-state index contributed by atoms with van der Waals surface area (Å²) in [6, 6.07) is 5.45. The first-order valence-corrected chi connectivity index (χ1v) is 5.78. The lowest BCUT2D eigenvalue weighted by Crippen LogP contribution is -2.02. The Kier molecular flexibility index (Phi) is 3.31. The van der Waals surface area contributed by atoms with Gasteiger partial charge in [0.2, 0.25) is 5.88 Å². The van der Waals surface area contributed by atoms with Crippen LogP contribution in [0.2, 0.25) is 0 Å². The molecule has 0 bridgehead atoms. The fraction of sp³-hybridized carbons (Fsp3) is 0.167. The predicted molar refractivity (Wildman–Crippen MR) is 63.1 cm³/mol. The summed E-state index contributed by atoms with van der Waals surface area (Å²) in [5.41, 5.74) is 1.66. The number of carbonyl (C=O) groups is 1. The summed E-state index contributed by atoms with van der Waals surface area (Å²) in [5.74, 6) is 0.681. The van der Waals surface area contributed by atoms with E-state index in [0.717, 1.165) is 11.1 Å². The van der Waals surface area contributed by atoms with Gasteiger partial charge in [0.1, 0.15) is 0 Å². The molecule has 0 radical (unpaired) electrons. The summed E-state index contributed by atoms with van der Waals surface area (Å²) in [4.78, 5) is 15.8. The number of hydrogen-bond acceptors (Lipinski definition) is 4. The van der Waals surface area contributed by atoms with E-state index in [-0.39, 0.29) is 5.78 Å². The smallest absolute Gasteiger partial charge is 0.212 e. The zero-order chi connectivity index (χ0) is 11.4. The van der Waals surface area contributed by atoms with E-state index in [0.29, 0.717) is 12.3 Å². The van der Waals surface area contributed by atoms with Crippen LogP contribution in [-0.4, -0.2) is 17.9 Å². The van der Waals surface area contributed by atoms with Crippen molar-refractivity contribution in [3.05, 3.63) is 46.3 Å². The van der Waals surface area contributed by atoms with Gasteiger partial charge in [-0.05, 0) is 17.0 Å². The van der Waals surface area contributed by atoms with E-state index in [1.54, 1.807) is 19.4 Å². The van der Waals surface area contributed by atoms with Crippen molar-refractivity contribution in [2.75, 3.05) is 7.11 Å². The lowest BCUT2D eigenvalue weighted by atomic mass is 10.1. The first-order valence-electron chi connectivity index (χ1n) is 4.84. The highest BCUT2D eigenvalue weighted by Crippen LogP contribution is 2.12. The number of methoxy groups -OCH3 is 1. The van der Waals surface area contributed by atoms with E-state index in [9.17, 15) is 4.79 Å². The van der Waals surface area contributed by atoms with Crippen molar-refractivity contribution in [2.45, 2.75) is 6.42 Å². The van der Waals surface area contributed by atoms with E-state index >= 15 is 0 Å². The van der Waals surface area contributed by atoms with Crippen LogP contribution in [0, 0.1) is 0 Å². The summed E-state index contributed by atoms with van der Waals surface area (Å²) in [6.45, 7) is 0. The molecule has 82 valence electrons. The molecule has 0 saturated carbocycles. The molecule has 0 aliphatic heterocycles. The number of aromatic nitrogens is 1. The Morgan fingerprint density at radius 1 is 1.44 bits per heavy atom. The molecule has 2 heterocycles. The highest BCUT2D eigenvalue weighted by Gasteiger charge is 2.07. The molecule has 2 rings (SSSR count). The summed E-state index contributed by atoms with van der Waals surface area (Å²) in [7, 11) is 1.57. The van der Waals surface area contributed by atoms with E-state index in [4.69, 9.17) is 4.74 Å². The van der Waals surface area contributed by atoms with Crippen molar-refractivity contribution >= 4 is 17.1 Å². The summed E-state index contributed by atoms with van der Waals surface area (Å²) in [6.07, 6.45) is 2.05. The molecule has 3 nitrogen and oxygen atoms in total. The van der Waals surface area contributed by atoms with E-state index < -0.39 is 0 Å². The molecule has 0 fully saturated rings. The second-order valence-electron chi connectivity index (χ2n) is 3.32. The third-order valence-corrected chi connectivity index (χ3v) is 2.90. The average Bonchev–Trinajstić information content (AvgIpc) is 2.83. The quantitative estimate of drug-likeness (QED) is 0.762. The number of ether oxygens (including phenoxy) is 1. The highest BCUT2D eigenvalue weighted by molar-refractivity contribution is 7.08. The first-order chi connectivity index (χ1) is 7.79. The van der Waals surface area contributed by atoms with Crippen LogP contribution < -0.4 is 4.74 Å². The molecule has 0 aromatic carbocycles. The first kappa shape index (κ1) is 10.8. The number of hydrogen-bond donors (Lipinski definition) is 0. The number of thiophene rings is 1. The Labute approximate surface area is 97.7 Å². The number of carbonyl (C=O) groups excluding carboxylic acids is 1. The van der Waals surface area contributed by atoms with Crippen LogP contribution >= 0.6 is 11.3 Å². The van der Waals surface area contributed by atoms with Gasteiger partial charge in [-0.1, -0.05) is 6.07 Å². The Hall–Kier alpha value is -1.68. The molecule has 0 saturated heterocycles. The Morgan fingerprint density at radius 3 is 2.88 bits per heavy atom. The number of pyridine rings is 1. The highest BCUT2D eigenvalue weighted by atomic mass is 32.1. The van der Waals surface area contributed by atoms with Crippen LogP contribution in [0.4, 0.5) is 0 Å². The van der Waals surface area contributed by atoms with Gasteiger partial charge in [-0.3, -0.25) is 4.79 Å². The fourth-order valence-electron chi connectivity index (χ4n) is 1.35. The molecule has 0 atom stereocenters. The normalized spacial score (nSPS) is 10.1. The van der Waals surface area contributed by atoms with Gasteiger partial charge in [0.15, 0.2) is 5.78 Å². The zero-order valence-corrected chi connectivity index (χ0v) is 9.66. The van der Waals surface area contributed by atoms with Crippen LogP contribution in [0.3, 0.4) is 0 Å². The maximum absolute atomic E-state index is 11.8. The molecular weight excluding hydrogens is 222 g/mol. The molecule has 0 N–H and O–H groups in total. The molecular formula is C12H11NO2S. The van der Waals surface area contributed by atoms with Gasteiger partial charge in [-0.15, -0.1) is 0 Å². The molecule has 4 heteroatoms. The minimum absolute atomic E-state index is 0.119. The maximum atomic E-state index is 11.8. The van der Waals surface area contributed by atoms with Crippen LogP contribution in [0.25, 0.3) is 0 Å². The molecule has 0 aliphatic rings. The predicted octanol–water partition coefficient (Wildman–Crippen LogP) is 2.58. The van der Waals surface area contributed by atoms with Gasteiger partial charge in [0.25, 0.3) is 0 Å². The second-order valence-corrected chi connectivity index (χ2v) is 4.10. The van der Waals surface area contributed by atoms with Crippen LogP contribution in [0.5, 0.6) is 5.88 Å². The van der Waals surface area contributed by atoms with Crippen LogP contribution in [0.15, 0.2) is 35.2 Å². The lowest BCUT2D eigenvalue weighted by molar-refractivity contribution is 0.0993. The summed E-state index contributed by atoms with van der Waals surface area (Å²) < 4.78 is 4.95. The summed E-state index contributed by atoms with van der Waals surface area (Å²) >= 11 is 1.53. The molecule has 0 aliphatic carbocycles. The van der Waals surface area contributed by atoms with Crippen LogP contribution in [0.1, 0.15) is 15.9 Å². The largest absolute Gasteiger partial charge is 0.481 e. The van der Waals surface area contributed by atoms with Crippen molar-refractivity contribution < 1.29 is 9.53 Å². The average molecular weight is 233 g/mol. The number of rotatable bonds is 4. The monoisotopic (exact) mass is 233 g/mol. The topological polar surface area (TPSA) is 39.2 Å². The zero-order valence-electron chi connectivity index (χ0n) is 8.84. The van der Waals surface area contributed by atoms with E-state index in [2.05, 4.69) is 4.98 Å². The Morgan fingerprint density at radius 2 is 2.31 bits per heavy atom. The standard InChI is InChI=1S/C12H11NO2S/c1-15-12-3-2-9(7-13-12)6-11(14)10-4-5-16-8-10/h2-5,7-8H,6H2,1H3. The van der Waals surface area contributed by atoms with Crippen molar-refractivity contribution in [3.8, 4) is 5.88 Å². The van der Waals surface area contributed by atoms with Gasteiger partial charge in [-0.2, -0.15) is 11.3 Å². The van der Waals surface area contributed by atoms with Crippen molar-refractivity contribution in [3.63, 3.8) is 0 Å². The Bertz CT molecular complexity index is 462. The van der Waals surface area contributed by atoms with Crippen molar-refractivity contribution in [2.24, 2.45) is 0 Å². The number of nitrogens with zero attached hydrogens (tertiary/aromatic N) is 1. The van der Waals surface area contributed by atoms with Gasteiger partial charge >= 0.3 is 0 Å². The third-order valence-electron chi connectivity index (χ3n) is 2.21. The third kappa shape index (κ3) is 2.46. The molecule has 2 aromatic heterocycles. The minimum atomic E-state index is 0.119. The molecule has 0 spiro atoms. The molecule has 0 amide bonds. The van der Waals surface area contributed by atoms with Gasteiger partial charge in [0.05, 0.1) is 7.11 Å². The van der Waals surface area contributed by atoms with Gasteiger partial charge < -0.3 is 4.74 Å². The molecule has 0 unspecified atom stereocenters. The fourth-order valence-corrected chi connectivity index (χ4v) is 2.01. The molecule has 2 aromatic rings. The summed E-state index contributed by atoms with van der Waals surface area (Å²) in [5, 5.41) is 3.76.